The van der Waals surface area contributed by atoms with E-state index < -0.39 is 0 Å². The van der Waals surface area contributed by atoms with E-state index in [0.29, 0.717) is 18.9 Å². The van der Waals surface area contributed by atoms with E-state index in [0.717, 1.165) is 5.57 Å². The molecule has 0 spiro atoms. The first-order valence-electron chi connectivity index (χ1n) is 4.25. The van der Waals surface area contributed by atoms with Gasteiger partial charge in [-0.1, -0.05) is 6.58 Å². The summed E-state index contributed by atoms with van der Waals surface area (Å²) in [5, 5.41) is 0. The van der Waals surface area contributed by atoms with Crippen LogP contribution in [-0.2, 0) is 14.3 Å². The van der Waals surface area contributed by atoms with E-state index in [-0.39, 0.29) is 24.1 Å². The summed E-state index contributed by atoms with van der Waals surface area (Å²) in [6.07, 6.45) is 0.347. The summed E-state index contributed by atoms with van der Waals surface area (Å²) < 4.78 is 10.9. The lowest BCUT2D eigenvalue weighted by molar-refractivity contribution is -0.126. The van der Waals surface area contributed by atoms with Gasteiger partial charge in [0.25, 0.3) is 0 Å². The Labute approximate surface area is 70.3 Å². The molecule has 0 amide bonds. The monoisotopic (exact) mass is 166 g/mol. The number of fused-ring (bicyclic) bond motifs is 5. The summed E-state index contributed by atoms with van der Waals surface area (Å²) in [5.41, 5.74) is 1.10. The van der Waals surface area contributed by atoms with Gasteiger partial charge in [-0.15, -0.1) is 0 Å². The van der Waals surface area contributed by atoms with Gasteiger partial charge in [-0.05, 0) is 5.57 Å². The Kier molecular flexibility index (Phi) is 1.12. The molecule has 3 rings (SSSR count). The second-order valence-corrected chi connectivity index (χ2v) is 3.73. The maximum Gasteiger partial charge on any atom is 0.166 e. The van der Waals surface area contributed by atoms with Gasteiger partial charge in [-0.2, -0.15) is 0 Å². The van der Waals surface area contributed by atoms with E-state index in [2.05, 4.69) is 6.58 Å². The summed E-state index contributed by atoms with van der Waals surface area (Å²) in [7, 11) is 0. The zero-order valence-corrected chi connectivity index (χ0v) is 6.66. The van der Waals surface area contributed by atoms with Gasteiger partial charge >= 0.3 is 0 Å². The van der Waals surface area contributed by atoms with Gasteiger partial charge in [0.15, 0.2) is 5.78 Å². The molecular formula is C9H10O3. The molecule has 3 saturated heterocycles. The third kappa shape index (κ3) is 0.619. The van der Waals surface area contributed by atoms with Crippen LogP contribution in [0.4, 0.5) is 0 Å². The number of rotatable bonds is 0. The first-order chi connectivity index (χ1) is 5.77. The largest absolute Gasteiger partial charge is 0.370 e. The molecule has 0 aromatic rings. The summed E-state index contributed by atoms with van der Waals surface area (Å²) >= 11 is 0. The van der Waals surface area contributed by atoms with E-state index in [9.17, 15) is 4.79 Å². The molecule has 3 heteroatoms. The van der Waals surface area contributed by atoms with Crippen LogP contribution in [0.1, 0.15) is 6.42 Å². The molecule has 0 aromatic carbocycles. The van der Waals surface area contributed by atoms with Crippen molar-refractivity contribution in [2.24, 2.45) is 5.92 Å². The number of carbonyl (C=O) groups excluding carboxylic acids is 1. The molecule has 0 aromatic heterocycles. The third-order valence-electron chi connectivity index (χ3n) is 3.03. The normalized spacial score (nSPS) is 50.3. The molecule has 64 valence electrons. The number of ketones is 1. The molecule has 3 aliphatic heterocycles. The van der Waals surface area contributed by atoms with Crippen LogP contribution in [0.3, 0.4) is 0 Å². The first kappa shape index (κ1) is 6.80. The molecule has 2 bridgehead atoms. The van der Waals surface area contributed by atoms with Crippen LogP contribution in [0, 0.1) is 5.92 Å². The average Bonchev–Trinajstić information content (AvgIpc) is 2.62. The predicted molar refractivity (Wildman–Crippen MR) is 40.7 cm³/mol. The summed E-state index contributed by atoms with van der Waals surface area (Å²) in [4.78, 5) is 11.3. The number of carbonyl (C=O) groups is 1. The lowest BCUT2D eigenvalue weighted by Crippen LogP contribution is -2.35. The second-order valence-electron chi connectivity index (χ2n) is 3.73. The number of hydrogen-bond donors (Lipinski definition) is 0. The standard InChI is InChI=1S/C9H10O3/c1-4-3-11-9-7(4)6-2-5(10)8(9)12-6/h6-9H,1-3H2/t6-,7-,8-,9+/m0/s1. The lowest BCUT2D eigenvalue weighted by Gasteiger charge is -2.18. The zero-order chi connectivity index (χ0) is 8.29. The van der Waals surface area contributed by atoms with Crippen molar-refractivity contribution >= 4 is 5.78 Å². The Bertz CT molecular complexity index is 271. The highest BCUT2D eigenvalue weighted by Crippen LogP contribution is 2.45. The van der Waals surface area contributed by atoms with Crippen molar-refractivity contribution in [3.8, 4) is 0 Å². The van der Waals surface area contributed by atoms with Gasteiger partial charge in [0.05, 0.1) is 12.7 Å². The van der Waals surface area contributed by atoms with Gasteiger partial charge in [-0.25, -0.2) is 0 Å². The molecule has 12 heavy (non-hydrogen) atoms. The maximum absolute atomic E-state index is 11.3. The molecule has 3 nitrogen and oxygen atoms in total. The van der Waals surface area contributed by atoms with E-state index in [1.807, 2.05) is 0 Å². The molecule has 4 atom stereocenters. The van der Waals surface area contributed by atoms with Gasteiger partial charge in [0.2, 0.25) is 0 Å². The molecule has 3 heterocycles. The molecule has 0 unspecified atom stereocenters. The Morgan fingerprint density at radius 3 is 3.17 bits per heavy atom. The van der Waals surface area contributed by atoms with Gasteiger partial charge in [0.1, 0.15) is 12.2 Å². The fourth-order valence-electron chi connectivity index (χ4n) is 2.48. The minimum absolute atomic E-state index is 0.0104. The highest BCUT2D eigenvalue weighted by Gasteiger charge is 2.57. The van der Waals surface area contributed by atoms with Crippen LogP contribution >= 0.6 is 0 Å². The van der Waals surface area contributed by atoms with E-state index in [1.165, 1.54) is 0 Å². The third-order valence-corrected chi connectivity index (χ3v) is 3.03. The first-order valence-corrected chi connectivity index (χ1v) is 4.25. The average molecular weight is 166 g/mol. The predicted octanol–water partition coefficient (Wildman–Crippen LogP) is 0.298. The Hall–Kier alpha value is -0.670. The summed E-state index contributed by atoms with van der Waals surface area (Å²) in [5.74, 6) is 0.503. The summed E-state index contributed by atoms with van der Waals surface area (Å²) in [6.45, 7) is 4.53. The SMILES string of the molecule is C=C1CO[C@@H]2[C@@H]1[C@@H]1CC(=O)[C@@H]2O1. The van der Waals surface area contributed by atoms with Crippen molar-refractivity contribution in [3.63, 3.8) is 0 Å². The van der Waals surface area contributed by atoms with Crippen molar-refractivity contribution in [2.45, 2.75) is 24.7 Å². The molecule has 0 saturated carbocycles. The van der Waals surface area contributed by atoms with Gasteiger partial charge in [0, 0.05) is 12.3 Å². The van der Waals surface area contributed by atoms with Crippen molar-refractivity contribution < 1.29 is 14.3 Å². The fraction of sp³-hybridized carbons (Fsp3) is 0.667. The Morgan fingerprint density at radius 2 is 2.33 bits per heavy atom. The molecule has 0 radical (unpaired) electrons. The zero-order valence-electron chi connectivity index (χ0n) is 6.66. The maximum atomic E-state index is 11.3. The van der Waals surface area contributed by atoms with Crippen LogP contribution in [-0.4, -0.2) is 30.7 Å². The molecule has 0 N–H and O–H groups in total. The highest BCUT2D eigenvalue weighted by molar-refractivity contribution is 5.87. The minimum atomic E-state index is -0.278. The Morgan fingerprint density at radius 1 is 1.50 bits per heavy atom. The van der Waals surface area contributed by atoms with Crippen LogP contribution in [0.15, 0.2) is 12.2 Å². The number of Topliss-reactive ketones (excluding diaryl/α,β-unsaturated/α-hetero) is 1. The van der Waals surface area contributed by atoms with E-state index >= 15 is 0 Å². The molecular weight excluding hydrogens is 156 g/mol. The van der Waals surface area contributed by atoms with E-state index in [4.69, 9.17) is 9.47 Å². The van der Waals surface area contributed by atoms with Crippen molar-refractivity contribution in [2.75, 3.05) is 6.61 Å². The molecule has 3 aliphatic rings. The fourth-order valence-corrected chi connectivity index (χ4v) is 2.48. The van der Waals surface area contributed by atoms with Gasteiger partial charge in [-0.3, -0.25) is 4.79 Å². The smallest absolute Gasteiger partial charge is 0.166 e. The van der Waals surface area contributed by atoms with Crippen LogP contribution < -0.4 is 0 Å². The Balaban J connectivity index is 1.99. The number of ether oxygens (including phenoxy) is 2. The van der Waals surface area contributed by atoms with Crippen molar-refractivity contribution in [1.29, 1.82) is 0 Å². The minimum Gasteiger partial charge on any atom is -0.370 e. The molecule has 0 aliphatic carbocycles. The van der Waals surface area contributed by atoms with Crippen molar-refractivity contribution in [3.05, 3.63) is 12.2 Å². The van der Waals surface area contributed by atoms with E-state index in [1.54, 1.807) is 0 Å². The quantitative estimate of drug-likeness (QED) is 0.485. The molecule has 3 fully saturated rings. The second kappa shape index (κ2) is 1.98. The lowest BCUT2D eigenvalue weighted by atomic mass is 9.83. The van der Waals surface area contributed by atoms with Crippen LogP contribution in [0.5, 0.6) is 0 Å². The topological polar surface area (TPSA) is 35.5 Å². The van der Waals surface area contributed by atoms with Gasteiger partial charge < -0.3 is 9.47 Å². The highest BCUT2D eigenvalue weighted by atomic mass is 16.6. The van der Waals surface area contributed by atoms with Crippen LogP contribution in [0.25, 0.3) is 0 Å². The van der Waals surface area contributed by atoms with Crippen LogP contribution in [0.2, 0.25) is 0 Å². The number of hydrogen-bond acceptors (Lipinski definition) is 3. The summed E-state index contributed by atoms with van der Waals surface area (Å²) in [6, 6.07) is 0. The van der Waals surface area contributed by atoms with Crippen molar-refractivity contribution in [1.82, 2.24) is 0 Å².